The second-order valence-electron chi connectivity index (χ2n) is 6.81. The fourth-order valence-electron chi connectivity index (χ4n) is 3.82. The van der Waals surface area contributed by atoms with Crippen LogP contribution in [0.5, 0.6) is 0 Å². The maximum absolute atomic E-state index is 5.88. The number of hydrogen-bond donors (Lipinski definition) is 1. The van der Waals surface area contributed by atoms with Crippen LogP contribution in [0.4, 0.5) is 0 Å². The lowest BCUT2D eigenvalue weighted by Crippen LogP contribution is -2.63. The molecule has 0 bridgehead atoms. The maximum Gasteiger partial charge on any atom is 0.0655 e. The first-order valence-electron chi connectivity index (χ1n) is 8.18. The molecule has 2 rings (SSSR count). The molecule has 3 unspecified atom stereocenters. The topological polar surface area (TPSA) is 24.5 Å². The first-order chi connectivity index (χ1) is 9.09. The zero-order chi connectivity index (χ0) is 13.9. The smallest absolute Gasteiger partial charge is 0.0655 e. The van der Waals surface area contributed by atoms with E-state index in [0.29, 0.717) is 23.6 Å². The highest BCUT2D eigenvalue weighted by Gasteiger charge is 2.51. The molecule has 1 N–H and O–H groups in total. The molecule has 19 heavy (non-hydrogen) atoms. The number of ether oxygens (including phenoxy) is 1. The summed E-state index contributed by atoms with van der Waals surface area (Å²) in [6, 6.07) is 1.40. The Balaban J connectivity index is 1.93. The molecule has 2 fully saturated rings. The molecule has 0 radical (unpaired) electrons. The third-order valence-corrected chi connectivity index (χ3v) is 5.08. The van der Waals surface area contributed by atoms with E-state index in [0.717, 1.165) is 6.61 Å². The average molecular weight is 268 g/mol. The monoisotopic (exact) mass is 268 g/mol. The van der Waals surface area contributed by atoms with Crippen LogP contribution in [-0.4, -0.2) is 49.3 Å². The van der Waals surface area contributed by atoms with E-state index in [2.05, 4.69) is 37.9 Å². The molecule has 2 aliphatic rings. The van der Waals surface area contributed by atoms with E-state index >= 15 is 0 Å². The Labute approximate surface area is 119 Å². The molecule has 0 spiro atoms. The molecule has 3 heteroatoms. The van der Waals surface area contributed by atoms with E-state index in [1.807, 2.05) is 0 Å². The Bertz CT molecular complexity index is 280. The summed E-state index contributed by atoms with van der Waals surface area (Å²) in [6.07, 6.45) is 5.55. The third-order valence-electron chi connectivity index (χ3n) is 5.08. The molecule has 0 aromatic carbocycles. The lowest BCUT2D eigenvalue weighted by atomic mass is 9.63. The van der Waals surface area contributed by atoms with Gasteiger partial charge in [-0.15, -0.1) is 0 Å². The van der Waals surface area contributed by atoms with E-state index in [1.165, 1.54) is 45.3 Å². The van der Waals surface area contributed by atoms with Crippen LogP contribution in [-0.2, 0) is 4.74 Å². The van der Waals surface area contributed by atoms with Gasteiger partial charge in [-0.25, -0.2) is 0 Å². The molecule has 0 amide bonds. The summed E-state index contributed by atoms with van der Waals surface area (Å²) in [4.78, 5) is 2.73. The van der Waals surface area contributed by atoms with Crippen LogP contribution in [0.25, 0.3) is 0 Å². The van der Waals surface area contributed by atoms with Gasteiger partial charge in [0.2, 0.25) is 0 Å². The maximum atomic E-state index is 5.88. The first kappa shape index (κ1) is 15.3. The fourth-order valence-corrected chi connectivity index (χ4v) is 3.82. The molecular formula is C16H32N2O. The number of nitrogens with zero attached hydrogens (tertiary/aromatic N) is 1. The van der Waals surface area contributed by atoms with Crippen molar-refractivity contribution >= 4 is 0 Å². The molecule has 0 aromatic rings. The minimum absolute atomic E-state index is 0.317. The lowest BCUT2D eigenvalue weighted by Gasteiger charge is -2.56. The number of rotatable bonds is 5. The van der Waals surface area contributed by atoms with Gasteiger partial charge in [0.1, 0.15) is 0 Å². The Kier molecular flexibility index (Phi) is 5.27. The lowest BCUT2D eigenvalue weighted by molar-refractivity contribution is -0.150. The number of nitrogens with one attached hydrogen (secondary N) is 1. The highest BCUT2D eigenvalue weighted by molar-refractivity contribution is 5.04. The second kappa shape index (κ2) is 6.55. The van der Waals surface area contributed by atoms with Crippen molar-refractivity contribution in [2.24, 2.45) is 5.41 Å². The predicted molar refractivity (Wildman–Crippen MR) is 80.5 cm³/mol. The van der Waals surface area contributed by atoms with Gasteiger partial charge < -0.3 is 10.1 Å². The Morgan fingerprint density at radius 1 is 1.32 bits per heavy atom. The molecule has 1 saturated carbocycles. The molecule has 1 saturated heterocycles. The van der Waals surface area contributed by atoms with Crippen molar-refractivity contribution in [3.63, 3.8) is 0 Å². The molecule has 3 atom stereocenters. The van der Waals surface area contributed by atoms with Crippen LogP contribution in [0.1, 0.15) is 53.4 Å². The van der Waals surface area contributed by atoms with Crippen molar-refractivity contribution in [3.8, 4) is 0 Å². The van der Waals surface area contributed by atoms with Gasteiger partial charge in [0.15, 0.2) is 0 Å². The van der Waals surface area contributed by atoms with Crippen LogP contribution in [0, 0.1) is 5.41 Å². The quantitative estimate of drug-likeness (QED) is 0.829. The van der Waals surface area contributed by atoms with E-state index in [9.17, 15) is 0 Å². The zero-order valence-corrected chi connectivity index (χ0v) is 13.2. The van der Waals surface area contributed by atoms with Crippen molar-refractivity contribution in [1.82, 2.24) is 10.2 Å². The summed E-state index contributed by atoms with van der Waals surface area (Å²) in [5.41, 5.74) is 0.317. The summed E-state index contributed by atoms with van der Waals surface area (Å²) in [7, 11) is 0. The largest absolute Gasteiger partial charge is 0.378 e. The van der Waals surface area contributed by atoms with Crippen LogP contribution >= 0.6 is 0 Å². The molecule has 112 valence electrons. The second-order valence-corrected chi connectivity index (χ2v) is 6.81. The molecule has 1 aliphatic heterocycles. The van der Waals surface area contributed by atoms with Gasteiger partial charge in [-0.05, 0) is 39.3 Å². The summed E-state index contributed by atoms with van der Waals surface area (Å²) in [5.74, 6) is 0. The van der Waals surface area contributed by atoms with Gasteiger partial charge >= 0.3 is 0 Å². The molecular weight excluding hydrogens is 236 g/mol. The summed E-state index contributed by atoms with van der Waals surface area (Å²) >= 11 is 0. The third kappa shape index (κ3) is 3.32. The van der Waals surface area contributed by atoms with E-state index in [1.54, 1.807) is 0 Å². The Morgan fingerprint density at radius 3 is 2.74 bits per heavy atom. The van der Waals surface area contributed by atoms with Gasteiger partial charge in [-0.1, -0.05) is 27.2 Å². The van der Waals surface area contributed by atoms with Crippen LogP contribution in [0.15, 0.2) is 0 Å². The highest BCUT2D eigenvalue weighted by atomic mass is 16.5. The van der Waals surface area contributed by atoms with Gasteiger partial charge in [0.05, 0.1) is 6.10 Å². The van der Waals surface area contributed by atoms with Gasteiger partial charge in [-0.2, -0.15) is 0 Å². The van der Waals surface area contributed by atoms with Crippen molar-refractivity contribution in [2.45, 2.75) is 71.6 Å². The van der Waals surface area contributed by atoms with Crippen molar-refractivity contribution in [1.29, 1.82) is 0 Å². The normalized spacial score (nSPS) is 35.7. The summed E-state index contributed by atoms with van der Waals surface area (Å²) in [6.45, 7) is 13.7. The summed E-state index contributed by atoms with van der Waals surface area (Å²) < 4.78 is 5.88. The Hall–Kier alpha value is -0.120. The SMILES string of the molecule is CCCC1CN(C2CC(OCC)C2(C)C)CCCN1. The minimum atomic E-state index is 0.317. The summed E-state index contributed by atoms with van der Waals surface area (Å²) in [5, 5.41) is 3.71. The van der Waals surface area contributed by atoms with Gasteiger partial charge in [0.25, 0.3) is 0 Å². The first-order valence-corrected chi connectivity index (χ1v) is 8.18. The standard InChI is InChI=1S/C16H32N2O/c1-5-8-13-12-18(10-7-9-17-13)14-11-15(19-6-2)16(14,3)4/h13-15,17H,5-12H2,1-4H3. The van der Waals surface area contributed by atoms with Crippen LogP contribution in [0.3, 0.4) is 0 Å². The van der Waals surface area contributed by atoms with Crippen molar-refractivity contribution < 1.29 is 4.74 Å². The van der Waals surface area contributed by atoms with Crippen molar-refractivity contribution in [2.75, 3.05) is 26.2 Å². The van der Waals surface area contributed by atoms with E-state index < -0.39 is 0 Å². The number of hydrogen-bond acceptors (Lipinski definition) is 3. The van der Waals surface area contributed by atoms with Crippen molar-refractivity contribution in [3.05, 3.63) is 0 Å². The highest BCUT2D eigenvalue weighted by Crippen LogP contribution is 2.46. The molecule has 3 nitrogen and oxygen atoms in total. The van der Waals surface area contributed by atoms with Crippen LogP contribution in [0.2, 0.25) is 0 Å². The van der Waals surface area contributed by atoms with E-state index in [4.69, 9.17) is 4.74 Å². The minimum Gasteiger partial charge on any atom is -0.378 e. The predicted octanol–water partition coefficient (Wildman–Crippen LogP) is 2.65. The van der Waals surface area contributed by atoms with E-state index in [-0.39, 0.29) is 0 Å². The zero-order valence-electron chi connectivity index (χ0n) is 13.2. The molecule has 1 heterocycles. The molecule has 1 aliphatic carbocycles. The van der Waals surface area contributed by atoms with Gasteiger partial charge in [-0.3, -0.25) is 4.90 Å². The van der Waals surface area contributed by atoms with Gasteiger partial charge in [0, 0.05) is 30.7 Å². The molecule has 0 aromatic heterocycles. The Morgan fingerprint density at radius 2 is 2.11 bits per heavy atom. The van der Waals surface area contributed by atoms with Crippen LogP contribution < -0.4 is 5.32 Å². The average Bonchev–Trinajstić information content (AvgIpc) is 2.60. The fraction of sp³-hybridized carbons (Fsp3) is 1.00.